The molecule has 3 aromatic rings. The van der Waals surface area contributed by atoms with Gasteiger partial charge in [0.15, 0.2) is 0 Å². The third-order valence-corrected chi connectivity index (χ3v) is 3.54. The normalized spacial score (nSPS) is 11.0. The van der Waals surface area contributed by atoms with Crippen LogP contribution in [0, 0.1) is 0 Å². The Balaban J connectivity index is 1.46. The van der Waals surface area contributed by atoms with Gasteiger partial charge in [-0.3, -0.25) is 0 Å². The summed E-state index contributed by atoms with van der Waals surface area (Å²) < 4.78 is 5.44. The largest absolute Gasteiger partial charge is 0.494 e. The lowest BCUT2D eigenvalue weighted by Crippen LogP contribution is -2.17. The molecule has 0 aliphatic carbocycles. The molecule has 1 aromatic heterocycles. The number of ether oxygens (including phenoxy) is 1. The smallest absolute Gasteiger partial charge is 0.119 e. The molecule has 114 valence electrons. The van der Waals surface area contributed by atoms with Crippen molar-refractivity contribution in [1.82, 2.24) is 15.3 Å². The zero-order valence-electron chi connectivity index (χ0n) is 12.8. The lowest BCUT2D eigenvalue weighted by molar-refractivity contribution is 0.340. The van der Waals surface area contributed by atoms with Crippen LogP contribution in [-0.2, 0) is 13.0 Å². The molecule has 0 atom stereocenters. The second-order valence-corrected chi connectivity index (χ2v) is 5.20. The van der Waals surface area contributed by atoms with Gasteiger partial charge in [0.25, 0.3) is 0 Å². The molecule has 0 unspecified atom stereocenters. The average molecular weight is 295 g/mol. The molecule has 4 nitrogen and oxygen atoms in total. The van der Waals surface area contributed by atoms with E-state index in [1.807, 2.05) is 37.3 Å². The predicted molar refractivity (Wildman–Crippen MR) is 89.1 cm³/mol. The summed E-state index contributed by atoms with van der Waals surface area (Å²) in [6.45, 7) is 4.45. The molecule has 1 heterocycles. The van der Waals surface area contributed by atoms with Gasteiger partial charge in [-0.25, -0.2) is 4.98 Å². The van der Waals surface area contributed by atoms with Crippen molar-refractivity contribution in [3.8, 4) is 5.75 Å². The minimum absolute atomic E-state index is 0.703. The summed E-state index contributed by atoms with van der Waals surface area (Å²) >= 11 is 0. The maximum atomic E-state index is 5.44. The van der Waals surface area contributed by atoms with Crippen LogP contribution in [0.3, 0.4) is 0 Å². The van der Waals surface area contributed by atoms with Gasteiger partial charge in [0.05, 0.1) is 17.6 Å². The van der Waals surface area contributed by atoms with E-state index in [0.29, 0.717) is 6.61 Å². The number of rotatable bonds is 7. The fraction of sp³-hybridized carbons (Fsp3) is 0.278. The molecule has 0 saturated heterocycles. The second kappa shape index (κ2) is 7.09. The van der Waals surface area contributed by atoms with E-state index in [2.05, 4.69) is 33.5 Å². The first-order chi connectivity index (χ1) is 10.8. The van der Waals surface area contributed by atoms with Crippen molar-refractivity contribution >= 4 is 11.0 Å². The highest BCUT2D eigenvalue weighted by molar-refractivity contribution is 5.74. The van der Waals surface area contributed by atoms with Gasteiger partial charge >= 0.3 is 0 Å². The zero-order chi connectivity index (χ0) is 15.2. The first kappa shape index (κ1) is 14.6. The van der Waals surface area contributed by atoms with Crippen molar-refractivity contribution in [3.05, 3.63) is 59.9 Å². The SMILES string of the molecule is CCOc1ccc(CNCCc2nc3ccccc3[nH]2)cc1. The molecule has 22 heavy (non-hydrogen) atoms. The van der Waals surface area contributed by atoms with Crippen molar-refractivity contribution in [3.63, 3.8) is 0 Å². The van der Waals surface area contributed by atoms with E-state index in [-0.39, 0.29) is 0 Å². The van der Waals surface area contributed by atoms with Crippen molar-refractivity contribution < 1.29 is 4.74 Å². The maximum Gasteiger partial charge on any atom is 0.119 e. The van der Waals surface area contributed by atoms with Crippen LogP contribution in [0.5, 0.6) is 5.75 Å². The maximum absolute atomic E-state index is 5.44. The van der Waals surface area contributed by atoms with Crippen molar-refractivity contribution in [2.24, 2.45) is 0 Å². The number of para-hydroxylation sites is 2. The first-order valence-corrected chi connectivity index (χ1v) is 7.71. The fourth-order valence-corrected chi connectivity index (χ4v) is 2.43. The Morgan fingerprint density at radius 1 is 1.09 bits per heavy atom. The van der Waals surface area contributed by atoms with Gasteiger partial charge in [-0.2, -0.15) is 0 Å². The predicted octanol–water partition coefficient (Wildman–Crippen LogP) is 3.29. The number of aromatic nitrogens is 2. The van der Waals surface area contributed by atoms with E-state index in [1.165, 1.54) is 5.56 Å². The molecular formula is C18H21N3O. The van der Waals surface area contributed by atoms with Crippen LogP contribution in [0.25, 0.3) is 11.0 Å². The Morgan fingerprint density at radius 2 is 1.91 bits per heavy atom. The molecule has 0 aliphatic heterocycles. The molecule has 3 rings (SSSR count). The summed E-state index contributed by atoms with van der Waals surface area (Å²) in [5, 5.41) is 3.45. The number of hydrogen-bond acceptors (Lipinski definition) is 3. The standard InChI is InChI=1S/C18H21N3O/c1-2-22-15-9-7-14(8-10-15)13-19-12-11-18-20-16-5-3-4-6-17(16)21-18/h3-10,19H,2,11-13H2,1H3,(H,20,21). The summed E-state index contributed by atoms with van der Waals surface area (Å²) in [6, 6.07) is 16.3. The minimum atomic E-state index is 0.703. The van der Waals surface area contributed by atoms with Gasteiger partial charge in [-0.05, 0) is 36.8 Å². The number of benzene rings is 2. The highest BCUT2D eigenvalue weighted by Crippen LogP contribution is 2.12. The molecule has 0 fully saturated rings. The van der Waals surface area contributed by atoms with Gasteiger partial charge in [0.1, 0.15) is 11.6 Å². The van der Waals surface area contributed by atoms with Gasteiger partial charge in [-0.1, -0.05) is 24.3 Å². The molecule has 0 aliphatic rings. The van der Waals surface area contributed by atoms with Crippen molar-refractivity contribution in [1.29, 1.82) is 0 Å². The summed E-state index contributed by atoms with van der Waals surface area (Å²) in [7, 11) is 0. The van der Waals surface area contributed by atoms with Crippen LogP contribution in [0.1, 0.15) is 18.3 Å². The third-order valence-electron chi connectivity index (χ3n) is 3.54. The van der Waals surface area contributed by atoms with E-state index >= 15 is 0 Å². The topological polar surface area (TPSA) is 49.9 Å². The Labute approximate surface area is 130 Å². The number of fused-ring (bicyclic) bond motifs is 1. The number of H-pyrrole nitrogens is 1. The third kappa shape index (κ3) is 3.65. The average Bonchev–Trinajstić information content (AvgIpc) is 2.96. The molecular weight excluding hydrogens is 274 g/mol. The number of imidazole rings is 1. The van der Waals surface area contributed by atoms with Crippen LogP contribution in [0.15, 0.2) is 48.5 Å². The Hall–Kier alpha value is -2.33. The van der Waals surface area contributed by atoms with Crippen LogP contribution in [-0.4, -0.2) is 23.1 Å². The monoisotopic (exact) mass is 295 g/mol. The molecule has 0 spiro atoms. The highest BCUT2D eigenvalue weighted by atomic mass is 16.5. The van der Waals surface area contributed by atoms with E-state index in [0.717, 1.165) is 42.1 Å². The molecule has 2 N–H and O–H groups in total. The number of nitrogens with zero attached hydrogens (tertiary/aromatic N) is 1. The van der Waals surface area contributed by atoms with Crippen LogP contribution in [0.2, 0.25) is 0 Å². The number of hydrogen-bond donors (Lipinski definition) is 2. The first-order valence-electron chi connectivity index (χ1n) is 7.71. The van der Waals surface area contributed by atoms with Gasteiger partial charge in [-0.15, -0.1) is 0 Å². The summed E-state index contributed by atoms with van der Waals surface area (Å²) in [5.41, 5.74) is 3.39. The fourth-order valence-electron chi connectivity index (χ4n) is 2.43. The Morgan fingerprint density at radius 3 is 2.68 bits per heavy atom. The number of aromatic amines is 1. The lowest BCUT2D eigenvalue weighted by Gasteiger charge is -2.06. The summed E-state index contributed by atoms with van der Waals surface area (Å²) in [5.74, 6) is 1.95. The van der Waals surface area contributed by atoms with E-state index in [4.69, 9.17) is 4.74 Å². The molecule has 0 radical (unpaired) electrons. The van der Waals surface area contributed by atoms with E-state index in [9.17, 15) is 0 Å². The van der Waals surface area contributed by atoms with Crippen LogP contribution >= 0.6 is 0 Å². The van der Waals surface area contributed by atoms with Crippen molar-refractivity contribution in [2.45, 2.75) is 19.9 Å². The van der Waals surface area contributed by atoms with Crippen molar-refractivity contribution in [2.75, 3.05) is 13.2 Å². The van der Waals surface area contributed by atoms with Crippen LogP contribution in [0.4, 0.5) is 0 Å². The highest BCUT2D eigenvalue weighted by Gasteiger charge is 2.01. The molecule has 0 saturated carbocycles. The lowest BCUT2D eigenvalue weighted by atomic mass is 10.2. The quantitative estimate of drug-likeness (QED) is 0.658. The second-order valence-electron chi connectivity index (χ2n) is 5.20. The van der Waals surface area contributed by atoms with Gasteiger partial charge in [0.2, 0.25) is 0 Å². The summed E-state index contributed by atoms with van der Waals surface area (Å²) in [4.78, 5) is 7.93. The molecule has 2 aromatic carbocycles. The van der Waals surface area contributed by atoms with Crippen LogP contribution < -0.4 is 10.1 Å². The Kier molecular flexibility index (Phi) is 4.71. The zero-order valence-corrected chi connectivity index (χ0v) is 12.8. The molecule has 4 heteroatoms. The van der Waals surface area contributed by atoms with Gasteiger partial charge in [0, 0.05) is 19.5 Å². The van der Waals surface area contributed by atoms with E-state index in [1.54, 1.807) is 0 Å². The summed E-state index contributed by atoms with van der Waals surface area (Å²) in [6.07, 6.45) is 0.895. The number of nitrogens with one attached hydrogen (secondary N) is 2. The minimum Gasteiger partial charge on any atom is -0.494 e. The molecule has 0 bridgehead atoms. The van der Waals surface area contributed by atoms with Gasteiger partial charge < -0.3 is 15.0 Å². The van der Waals surface area contributed by atoms with E-state index < -0.39 is 0 Å². The molecule has 0 amide bonds. The Bertz CT molecular complexity index is 686.